The van der Waals surface area contributed by atoms with E-state index in [0.29, 0.717) is 5.92 Å². The van der Waals surface area contributed by atoms with Gasteiger partial charge in [-0.05, 0) is 42.2 Å². The van der Waals surface area contributed by atoms with Gasteiger partial charge in [-0.25, -0.2) is 0 Å². The van der Waals surface area contributed by atoms with Crippen LogP contribution in [0.4, 0.5) is 0 Å². The van der Waals surface area contributed by atoms with Gasteiger partial charge in [0.1, 0.15) is 0 Å². The second-order valence-corrected chi connectivity index (χ2v) is 6.55. The molecule has 1 saturated heterocycles. The first-order valence-corrected chi connectivity index (χ1v) is 8.39. The fourth-order valence-electron chi connectivity index (χ4n) is 4.05. The zero-order valence-electron chi connectivity index (χ0n) is 13.5. The molecule has 1 aliphatic heterocycles. The number of piperidine rings is 1. The van der Waals surface area contributed by atoms with Crippen LogP contribution in [-0.4, -0.2) is 24.5 Å². The highest BCUT2D eigenvalue weighted by atomic mass is 15.1. The first kappa shape index (κ1) is 13.8. The lowest BCUT2D eigenvalue weighted by Gasteiger charge is -2.32. The van der Waals surface area contributed by atoms with Gasteiger partial charge in [0.25, 0.3) is 0 Å². The Morgan fingerprint density at radius 2 is 1.82 bits per heavy atom. The zero-order chi connectivity index (χ0) is 15.1. The van der Waals surface area contributed by atoms with Gasteiger partial charge in [0.15, 0.2) is 0 Å². The van der Waals surface area contributed by atoms with Gasteiger partial charge >= 0.3 is 0 Å². The summed E-state index contributed by atoms with van der Waals surface area (Å²) >= 11 is 0. The van der Waals surface area contributed by atoms with Crippen molar-refractivity contribution in [1.29, 1.82) is 0 Å². The molecule has 0 spiro atoms. The molecule has 112 valence electrons. The van der Waals surface area contributed by atoms with Crippen molar-refractivity contribution in [3.8, 4) is 0 Å². The number of hydrogen-bond acceptors (Lipinski definition) is 1. The molecule has 0 bridgehead atoms. The fourth-order valence-corrected chi connectivity index (χ4v) is 4.05. The Labute approximate surface area is 133 Å². The van der Waals surface area contributed by atoms with Crippen molar-refractivity contribution in [2.24, 2.45) is 0 Å². The maximum atomic E-state index is 2.59. The van der Waals surface area contributed by atoms with Crippen LogP contribution < -0.4 is 0 Å². The van der Waals surface area contributed by atoms with E-state index >= 15 is 0 Å². The lowest BCUT2D eigenvalue weighted by Crippen LogP contribution is -2.34. The summed E-state index contributed by atoms with van der Waals surface area (Å²) < 4.78 is 0. The Morgan fingerprint density at radius 3 is 2.59 bits per heavy atom. The highest BCUT2D eigenvalue weighted by molar-refractivity contribution is 5.89. The number of aryl methyl sites for hydroxylation is 1. The topological polar surface area (TPSA) is 3.24 Å². The van der Waals surface area contributed by atoms with Crippen molar-refractivity contribution in [1.82, 2.24) is 4.90 Å². The van der Waals surface area contributed by atoms with Gasteiger partial charge in [0, 0.05) is 19.0 Å². The van der Waals surface area contributed by atoms with Gasteiger partial charge in [-0.3, -0.25) is 0 Å². The lowest BCUT2D eigenvalue weighted by atomic mass is 9.89. The van der Waals surface area contributed by atoms with Crippen LogP contribution in [0.3, 0.4) is 0 Å². The predicted octanol–water partition coefficient (Wildman–Crippen LogP) is 4.62. The van der Waals surface area contributed by atoms with E-state index < -0.39 is 0 Å². The standard InChI is InChI=1S/C21H23N/c1-3-22-13-12-19-20(14-22)17-6-4-5-7-18(17)21(19)16-10-8-15(2)9-11-16/h4-11,20H,3,12-14H2,1-2H3. The summed E-state index contributed by atoms with van der Waals surface area (Å²) in [4.78, 5) is 2.59. The van der Waals surface area contributed by atoms with E-state index in [1.165, 1.54) is 47.3 Å². The highest BCUT2D eigenvalue weighted by Crippen LogP contribution is 2.48. The van der Waals surface area contributed by atoms with Crippen molar-refractivity contribution < 1.29 is 0 Å². The average Bonchev–Trinajstić information content (AvgIpc) is 2.89. The minimum atomic E-state index is 0.598. The van der Waals surface area contributed by atoms with Crippen molar-refractivity contribution in [3.63, 3.8) is 0 Å². The molecule has 2 aliphatic rings. The molecule has 1 fully saturated rings. The number of rotatable bonds is 2. The summed E-state index contributed by atoms with van der Waals surface area (Å²) in [5.41, 5.74) is 8.89. The molecule has 2 aromatic rings. The predicted molar refractivity (Wildman–Crippen MR) is 93.1 cm³/mol. The summed E-state index contributed by atoms with van der Waals surface area (Å²) in [6, 6.07) is 18.1. The summed E-state index contributed by atoms with van der Waals surface area (Å²) in [5.74, 6) is 0.598. The van der Waals surface area contributed by atoms with E-state index in [-0.39, 0.29) is 0 Å². The molecule has 0 radical (unpaired) electrons. The van der Waals surface area contributed by atoms with Crippen LogP contribution in [0.25, 0.3) is 5.57 Å². The molecule has 0 saturated carbocycles. The third-order valence-electron chi connectivity index (χ3n) is 5.27. The van der Waals surface area contributed by atoms with Crippen molar-refractivity contribution in [2.75, 3.05) is 19.6 Å². The average molecular weight is 289 g/mol. The number of likely N-dealkylation sites (N-methyl/N-ethyl adjacent to an activating group) is 1. The van der Waals surface area contributed by atoms with E-state index in [0.717, 1.165) is 6.54 Å². The third-order valence-corrected chi connectivity index (χ3v) is 5.27. The maximum Gasteiger partial charge on any atom is 0.0192 e. The lowest BCUT2D eigenvalue weighted by molar-refractivity contribution is 0.254. The number of benzene rings is 2. The van der Waals surface area contributed by atoms with Crippen LogP contribution in [0.15, 0.2) is 54.1 Å². The minimum Gasteiger partial charge on any atom is -0.302 e. The van der Waals surface area contributed by atoms with Gasteiger partial charge in [-0.2, -0.15) is 0 Å². The fraction of sp³-hybridized carbons (Fsp3) is 0.333. The molecular weight excluding hydrogens is 266 g/mol. The number of hydrogen-bond donors (Lipinski definition) is 0. The van der Waals surface area contributed by atoms with Crippen LogP contribution in [0, 0.1) is 6.92 Å². The maximum absolute atomic E-state index is 2.59. The molecule has 1 heteroatoms. The smallest absolute Gasteiger partial charge is 0.0192 e. The van der Waals surface area contributed by atoms with Gasteiger partial charge in [-0.1, -0.05) is 66.6 Å². The summed E-state index contributed by atoms with van der Waals surface area (Å²) in [5, 5.41) is 0. The van der Waals surface area contributed by atoms with Gasteiger partial charge in [-0.15, -0.1) is 0 Å². The number of nitrogens with zero attached hydrogens (tertiary/aromatic N) is 1. The van der Waals surface area contributed by atoms with Crippen molar-refractivity contribution in [2.45, 2.75) is 26.2 Å². The molecule has 1 aliphatic carbocycles. The number of fused-ring (bicyclic) bond motifs is 3. The quantitative estimate of drug-likeness (QED) is 0.779. The van der Waals surface area contributed by atoms with Gasteiger partial charge in [0.2, 0.25) is 0 Å². The van der Waals surface area contributed by atoms with E-state index in [1.807, 2.05) is 0 Å². The molecule has 0 N–H and O–H groups in total. The second-order valence-electron chi connectivity index (χ2n) is 6.55. The van der Waals surface area contributed by atoms with Crippen molar-refractivity contribution >= 4 is 5.57 Å². The monoisotopic (exact) mass is 289 g/mol. The molecule has 1 atom stereocenters. The first-order valence-electron chi connectivity index (χ1n) is 8.39. The van der Waals surface area contributed by atoms with Gasteiger partial charge < -0.3 is 4.90 Å². The Balaban J connectivity index is 1.86. The van der Waals surface area contributed by atoms with Crippen LogP contribution in [-0.2, 0) is 0 Å². The SMILES string of the molecule is CCN1CCC2=C(c3ccc(C)cc3)c3ccccc3C2C1. The van der Waals surface area contributed by atoms with E-state index in [9.17, 15) is 0 Å². The van der Waals surface area contributed by atoms with E-state index in [1.54, 1.807) is 5.57 Å². The van der Waals surface area contributed by atoms with Crippen LogP contribution in [0.5, 0.6) is 0 Å². The molecule has 0 aromatic heterocycles. The van der Waals surface area contributed by atoms with E-state index in [2.05, 4.69) is 67.3 Å². The Bertz CT molecular complexity index is 724. The molecule has 4 rings (SSSR count). The molecule has 1 unspecified atom stereocenters. The Morgan fingerprint density at radius 1 is 1.05 bits per heavy atom. The summed E-state index contributed by atoms with van der Waals surface area (Å²) in [7, 11) is 0. The van der Waals surface area contributed by atoms with Crippen LogP contribution >= 0.6 is 0 Å². The minimum absolute atomic E-state index is 0.598. The first-order chi connectivity index (χ1) is 10.8. The number of likely N-dealkylation sites (tertiary alicyclic amines) is 1. The molecule has 1 heterocycles. The molecule has 2 aromatic carbocycles. The van der Waals surface area contributed by atoms with Crippen molar-refractivity contribution in [3.05, 3.63) is 76.4 Å². The highest BCUT2D eigenvalue weighted by Gasteiger charge is 2.35. The third kappa shape index (κ3) is 2.12. The summed E-state index contributed by atoms with van der Waals surface area (Å²) in [6.45, 7) is 7.97. The van der Waals surface area contributed by atoms with Gasteiger partial charge in [0.05, 0.1) is 0 Å². The van der Waals surface area contributed by atoms with Crippen LogP contribution in [0.2, 0.25) is 0 Å². The van der Waals surface area contributed by atoms with Crippen LogP contribution in [0.1, 0.15) is 41.5 Å². The Kier molecular flexibility index (Phi) is 3.38. The Hall–Kier alpha value is -1.86. The largest absolute Gasteiger partial charge is 0.302 e. The summed E-state index contributed by atoms with van der Waals surface area (Å²) in [6.07, 6.45) is 1.20. The van der Waals surface area contributed by atoms with E-state index in [4.69, 9.17) is 0 Å². The molecule has 0 amide bonds. The second kappa shape index (κ2) is 5.40. The zero-order valence-corrected chi connectivity index (χ0v) is 13.5. The molecule has 22 heavy (non-hydrogen) atoms. The normalized spacial score (nSPS) is 20.9. The molecular formula is C21H23N. The molecule has 1 nitrogen and oxygen atoms in total.